The first kappa shape index (κ1) is 23.3. The lowest BCUT2D eigenvalue weighted by atomic mass is 10.1. The van der Waals surface area contributed by atoms with Gasteiger partial charge in [0.2, 0.25) is 0 Å². The fraction of sp³-hybridized carbons (Fsp3) is 0.737. The molecule has 1 atom stereocenters. The molecule has 0 aromatic rings. The summed E-state index contributed by atoms with van der Waals surface area (Å²) in [5.41, 5.74) is -0.891. The topological polar surface area (TPSA) is 83.9 Å². The molecule has 1 saturated heterocycles. The number of aldehydes is 2. The van der Waals surface area contributed by atoms with Crippen LogP contribution in [0.5, 0.6) is 0 Å². The fourth-order valence-corrected chi connectivity index (χ4v) is 2.68. The van der Waals surface area contributed by atoms with E-state index in [4.69, 9.17) is 9.84 Å². The van der Waals surface area contributed by atoms with E-state index < -0.39 is 17.9 Å². The molecule has 0 radical (unpaired) electrons. The van der Waals surface area contributed by atoms with Crippen molar-refractivity contribution < 1.29 is 24.2 Å². The Hall–Kier alpha value is -1.69. The summed E-state index contributed by atoms with van der Waals surface area (Å²) in [5.74, 6) is 0. The zero-order valence-corrected chi connectivity index (χ0v) is 15.8. The van der Waals surface area contributed by atoms with E-state index in [0.29, 0.717) is 6.29 Å². The van der Waals surface area contributed by atoms with Gasteiger partial charge >= 0.3 is 6.09 Å². The zero-order valence-electron chi connectivity index (χ0n) is 15.8. The number of carboxylic acid groups (broad SMARTS) is 1. The molecule has 144 valence electrons. The van der Waals surface area contributed by atoms with Gasteiger partial charge in [-0.15, -0.1) is 0 Å². The lowest BCUT2D eigenvalue weighted by Gasteiger charge is -2.28. The van der Waals surface area contributed by atoms with Gasteiger partial charge in [-0.3, -0.25) is 9.69 Å². The number of unbranched alkanes of at least 4 members (excludes halogenated alkanes) is 7. The van der Waals surface area contributed by atoms with Crippen LogP contribution in [0.1, 0.15) is 72.1 Å². The smallest absolute Gasteiger partial charge is 0.410 e. The van der Waals surface area contributed by atoms with E-state index in [2.05, 4.69) is 6.92 Å². The standard InChI is InChI=1S/C12H22O.C7H11NO4/c1-2-3-4-5-6-7-8-9-10-11-12-13;1-7(2)8(6(10)11)5(3-9)4-12-7/h10-12H,2-9H2,1H3;3,5H,4H2,1-2H3,(H,10,11)/b11-10+;/t;5-/m.1/s1. The SMILES string of the molecule is CC1(C)OC[C@@H](C=O)N1C(=O)O.CCCCCCCCC/C=C/C=O. The Morgan fingerprint density at radius 2 is 1.76 bits per heavy atom. The number of hydrogen-bond donors (Lipinski definition) is 1. The third-order valence-electron chi connectivity index (χ3n) is 4.07. The van der Waals surface area contributed by atoms with E-state index in [-0.39, 0.29) is 6.61 Å². The average Bonchev–Trinajstić information content (AvgIpc) is 2.88. The van der Waals surface area contributed by atoms with Crippen LogP contribution in [0.4, 0.5) is 4.79 Å². The van der Waals surface area contributed by atoms with Crippen molar-refractivity contribution >= 4 is 18.7 Å². The van der Waals surface area contributed by atoms with E-state index in [9.17, 15) is 14.4 Å². The molecule has 1 aliphatic rings. The molecule has 0 unspecified atom stereocenters. The second-order valence-electron chi connectivity index (χ2n) is 6.59. The summed E-state index contributed by atoms with van der Waals surface area (Å²) >= 11 is 0. The van der Waals surface area contributed by atoms with E-state index >= 15 is 0 Å². The molecular formula is C19H33NO5. The van der Waals surface area contributed by atoms with Crippen LogP contribution in [-0.4, -0.2) is 47.0 Å². The number of ether oxygens (including phenoxy) is 1. The number of nitrogens with zero attached hydrogens (tertiary/aromatic N) is 1. The third kappa shape index (κ3) is 10.0. The predicted octanol–water partition coefficient (Wildman–Crippen LogP) is 4.18. The van der Waals surface area contributed by atoms with E-state index in [1.54, 1.807) is 19.9 Å². The monoisotopic (exact) mass is 355 g/mol. The van der Waals surface area contributed by atoms with Gasteiger partial charge in [0, 0.05) is 0 Å². The Kier molecular flexibility index (Phi) is 12.7. The molecule has 0 aromatic heterocycles. The van der Waals surface area contributed by atoms with Gasteiger partial charge in [-0.05, 0) is 32.8 Å². The summed E-state index contributed by atoms with van der Waals surface area (Å²) in [7, 11) is 0. The van der Waals surface area contributed by atoms with Crippen molar-refractivity contribution in [3.63, 3.8) is 0 Å². The molecule has 1 fully saturated rings. The highest BCUT2D eigenvalue weighted by atomic mass is 16.5. The number of rotatable bonds is 10. The van der Waals surface area contributed by atoms with Crippen LogP contribution >= 0.6 is 0 Å². The Labute approximate surface area is 151 Å². The van der Waals surface area contributed by atoms with Crippen LogP contribution in [0, 0.1) is 0 Å². The van der Waals surface area contributed by atoms with Crippen molar-refractivity contribution in [2.45, 2.75) is 83.9 Å². The summed E-state index contributed by atoms with van der Waals surface area (Å²) in [5, 5.41) is 8.74. The molecule has 1 aliphatic heterocycles. The summed E-state index contributed by atoms with van der Waals surface area (Å²) < 4.78 is 5.13. The van der Waals surface area contributed by atoms with Crippen LogP contribution in [0.25, 0.3) is 0 Å². The minimum atomic E-state index is -1.13. The number of carbonyl (C=O) groups excluding carboxylic acids is 2. The van der Waals surface area contributed by atoms with Gasteiger partial charge < -0.3 is 14.6 Å². The number of amides is 1. The summed E-state index contributed by atoms with van der Waals surface area (Å²) in [6.45, 7) is 5.61. The van der Waals surface area contributed by atoms with Gasteiger partial charge in [-0.2, -0.15) is 0 Å². The number of allylic oxidation sites excluding steroid dienone is 2. The van der Waals surface area contributed by atoms with Crippen molar-refractivity contribution in [2.24, 2.45) is 0 Å². The first-order valence-electron chi connectivity index (χ1n) is 9.12. The van der Waals surface area contributed by atoms with Crippen LogP contribution < -0.4 is 0 Å². The molecule has 0 bridgehead atoms. The second kappa shape index (κ2) is 13.6. The predicted molar refractivity (Wildman–Crippen MR) is 97.6 cm³/mol. The van der Waals surface area contributed by atoms with Crippen molar-refractivity contribution in [1.82, 2.24) is 4.90 Å². The maximum atomic E-state index is 10.7. The van der Waals surface area contributed by atoms with Crippen molar-refractivity contribution in [2.75, 3.05) is 6.61 Å². The lowest BCUT2D eigenvalue weighted by Crippen LogP contribution is -2.47. The minimum absolute atomic E-state index is 0.142. The third-order valence-corrected chi connectivity index (χ3v) is 4.07. The Balaban J connectivity index is 0.000000462. The van der Waals surface area contributed by atoms with Crippen molar-refractivity contribution in [3.05, 3.63) is 12.2 Å². The minimum Gasteiger partial charge on any atom is -0.465 e. The molecule has 0 aliphatic carbocycles. The van der Waals surface area contributed by atoms with Crippen molar-refractivity contribution in [3.8, 4) is 0 Å². The number of hydrogen-bond acceptors (Lipinski definition) is 4. The maximum Gasteiger partial charge on any atom is 0.410 e. The van der Waals surface area contributed by atoms with Crippen LogP contribution in [0.3, 0.4) is 0 Å². The van der Waals surface area contributed by atoms with Crippen LogP contribution in [0.2, 0.25) is 0 Å². The van der Waals surface area contributed by atoms with Crippen LogP contribution in [0.15, 0.2) is 12.2 Å². The summed E-state index contributed by atoms with van der Waals surface area (Å²) in [4.78, 5) is 32.0. The molecule has 1 N–H and O–H groups in total. The normalized spacial score (nSPS) is 18.7. The molecule has 0 aromatic carbocycles. The zero-order chi connectivity index (χ0) is 19.1. The summed E-state index contributed by atoms with van der Waals surface area (Å²) in [6.07, 6.45) is 14.3. The van der Waals surface area contributed by atoms with E-state index in [1.807, 2.05) is 6.08 Å². The molecule has 1 rings (SSSR count). The molecular weight excluding hydrogens is 322 g/mol. The first-order chi connectivity index (χ1) is 11.9. The molecule has 1 amide bonds. The average molecular weight is 355 g/mol. The Morgan fingerprint density at radius 1 is 1.16 bits per heavy atom. The largest absolute Gasteiger partial charge is 0.465 e. The molecule has 6 nitrogen and oxygen atoms in total. The lowest BCUT2D eigenvalue weighted by molar-refractivity contribution is -0.112. The molecule has 25 heavy (non-hydrogen) atoms. The van der Waals surface area contributed by atoms with Gasteiger partial charge in [0.05, 0.1) is 6.61 Å². The highest BCUT2D eigenvalue weighted by Crippen LogP contribution is 2.25. The van der Waals surface area contributed by atoms with Gasteiger partial charge in [0.1, 0.15) is 24.3 Å². The second-order valence-corrected chi connectivity index (χ2v) is 6.59. The Bertz CT molecular complexity index is 420. The van der Waals surface area contributed by atoms with E-state index in [0.717, 1.165) is 17.6 Å². The van der Waals surface area contributed by atoms with Gasteiger partial charge in [0.15, 0.2) is 0 Å². The van der Waals surface area contributed by atoms with Gasteiger partial charge in [-0.25, -0.2) is 4.79 Å². The maximum absolute atomic E-state index is 10.7. The molecule has 0 saturated carbocycles. The Morgan fingerprint density at radius 3 is 2.24 bits per heavy atom. The molecule has 6 heteroatoms. The fourth-order valence-electron chi connectivity index (χ4n) is 2.68. The highest BCUT2D eigenvalue weighted by molar-refractivity contribution is 5.73. The highest BCUT2D eigenvalue weighted by Gasteiger charge is 2.43. The van der Waals surface area contributed by atoms with Gasteiger partial charge in [-0.1, -0.05) is 51.5 Å². The van der Waals surface area contributed by atoms with Gasteiger partial charge in [0.25, 0.3) is 0 Å². The number of carbonyl (C=O) groups is 3. The molecule has 0 spiro atoms. The quantitative estimate of drug-likeness (QED) is 0.361. The first-order valence-corrected chi connectivity index (χ1v) is 9.12. The van der Waals surface area contributed by atoms with Crippen LogP contribution in [-0.2, 0) is 14.3 Å². The molecule has 1 heterocycles. The van der Waals surface area contributed by atoms with Crippen molar-refractivity contribution in [1.29, 1.82) is 0 Å². The van der Waals surface area contributed by atoms with E-state index in [1.165, 1.54) is 44.9 Å². The summed E-state index contributed by atoms with van der Waals surface area (Å²) in [6, 6.07) is -0.669.